The third kappa shape index (κ3) is 4.01. The fourth-order valence-corrected chi connectivity index (χ4v) is 4.01. The summed E-state index contributed by atoms with van der Waals surface area (Å²) in [4.78, 5) is 15.6. The van der Waals surface area contributed by atoms with Gasteiger partial charge in [0.15, 0.2) is 5.82 Å². The molecule has 4 aromatic rings. The zero-order valence-corrected chi connectivity index (χ0v) is 16.6. The Morgan fingerprint density at radius 3 is 2.61 bits per heavy atom. The molecule has 3 heterocycles. The van der Waals surface area contributed by atoms with E-state index in [1.54, 1.807) is 12.4 Å². The van der Waals surface area contributed by atoms with Crippen LogP contribution in [-0.2, 0) is 25.7 Å². The van der Waals surface area contributed by atoms with E-state index in [4.69, 9.17) is 0 Å². The Morgan fingerprint density at radius 2 is 1.81 bits per heavy atom. The summed E-state index contributed by atoms with van der Waals surface area (Å²) >= 11 is 0. The third-order valence-electron chi connectivity index (χ3n) is 5.66. The summed E-state index contributed by atoms with van der Waals surface area (Å²) < 4.78 is 38.5. The minimum atomic E-state index is -4.35. The molecule has 2 aromatic carbocycles. The van der Waals surface area contributed by atoms with E-state index in [-0.39, 0.29) is 0 Å². The Kier molecular flexibility index (Phi) is 4.90. The molecule has 0 unspecified atom stereocenters. The van der Waals surface area contributed by atoms with Crippen molar-refractivity contribution in [3.05, 3.63) is 89.5 Å². The summed E-state index contributed by atoms with van der Waals surface area (Å²) in [6.45, 7) is 2.37. The highest BCUT2D eigenvalue weighted by Gasteiger charge is 2.30. The SMILES string of the molecule is FC(F)(F)c1ccc(-c2ncc3c(n2)CN(Cc2cccc4cnccc24)CC3)cc1. The maximum absolute atomic E-state index is 12.8. The minimum Gasteiger partial charge on any atom is -0.293 e. The van der Waals surface area contributed by atoms with E-state index in [0.717, 1.165) is 48.3 Å². The fourth-order valence-electron chi connectivity index (χ4n) is 4.01. The Labute approximate surface area is 177 Å². The van der Waals surface area contributed by atoms with Crippen LogP contribution in [0.25, 0.3) is 22.2 Å². The molecule has 5 rings (SSSR count). The van der Waals surface area contributed by atoms with E-state index in [1.807, 2.05) is 18.3 Å². The number of rotatable bonds is 3. The number of hydrogen-bond acceptors (Lipinski definition) is 4. The highest BCUT2D eigenvalue weighted by molar-refractivity contribution is 5.84. The number of benzene rings is 2. The summed E-state index contributed by atoms with van der Waals surface area (Å²) in [5.41, 5.74) is 3.16. The van der Waals surface area contributed by atoms with Crippen LogP contribution in [0.3, 0.4) is 0 Å². The number of alkyl halides is 3. The molecule has 156 valence electrons. The standard InChI is InChI=1S/C24H19F3N4/c25-24(26,27)20-6-4-16(5-7-20)23-29-13-18-9-11-31(15-22(18)30-23)14-19-3-1-2-17-12-28-10-8-21(17)19/h1-8,10,12-13H,9,11,14-15H2. The molecule has 0 atom stereocenters. The lowest BCUT2D eigenvalue weighted by molar-refractivity contribution is -0.137. The van der Waals surface area contributed by atoms with Crippen LogP contribution in [-0.4, -0.2) is 26.4 Å². The topological polar surface area (TPSA) is 41.9 Å². The first-order valence-corrected chi connectivity index (χ1v) is 10.0. The van der Waals surface area contributed by atoms with E-state index < -0.39 is 11.7 Å². The monoisotopic (exact) mass is 420 g/mol. The van der Waals surface area contributed by atoms with Gasteiger partial charge in [0.2, 0.25) is 0 Å². The van der Waals surface area contributed by atoms with Crippen LogP contribution in [0.4, 0.5) is 13.2 Å². The van der Waals surface area contributed by atoms with Crippen molar-refractivity contribution >= 4 is 10.8 Å². The molecular weight excluding hydrogens is 401 g/mol. The van der Waals surface area contributed by atoms with Crippen molar-refractivity contribution in [3.63, 3.8) is 0 Å². The van der Waals surface area contributed by atoms with Gasteiger partial charge in [0, 0.05) is 49.2 Å². The quantitative estimate of drug-likeness (QED) is 0.453. The van der Waals surface area contributed by atoms with Gasteiger partial charge in [-0.25, -0.2) is 9.97 Å². The Morgan fingerprint density at radius 1 is 0.968 bits per heavy atom. The lowest BCUT2D eigenvalue weighted by atomic mass is 10.0. The average Bonchev–Trinajstić information content (AvgIpc) is 2.78. The van der Waals surface area contributed by atoms with Gasteiger partial charge in [0.05, 0.1) is 11.3 Å². The molecule has 31 heavy (non-hydrogen) atoms. The molecule has 1 aliphatic rings. The lowest BCUT2D eigenvalue weighted by Gasteiger charge is -2.28. The summed E-state index contributed by atoms with van der Waals surface area (Å²) in [5, 5.41) is 2.31. The molecule has 0 spiro atoms. The molecule has 0 bridgehead atoms. The van der Waals surface area contributed by atoms with Gasteiger partial charge in [0.1, 0.15) is 0 Å². The van der Waals surface area contributed by atoms with Gasteiger partial charge in [-0.15, -0.1) is 0 Å². The smallest absolute Gasteiger partial charge is 0.293 e. The molecule has 0 N–H and O–H groups in total. The average molecular weight is 420 g/mol. The second-order valence-electron chi connectivity index (χ2n) is 7.72. The first kappa shape index (κ1) is 19.6. The van der Waals surface area contributed by atoms with Gasteiger partial charge < -0.3 is 0 Å². The number of aromatic nitrogens is 3. The van der Waals surface area contributed by atoms with Gasteiger partial charge in [-0.1, -0.05) is 30.3 Å². The maximum atomic E-state index is 12.8. The van der Waals surface area contributed by atoms with Crippen molar-refractivity contribution in [2.45, 2.75) is 25.7 Å². The molecule has 7 heteroatoms. The van der Waals surface area contributed by atoms with Crippen molar-refractivity contribution in [1.29, 1.82) is 0 Å². The zero-order valence-electron chi connectivity index (χ0n) is 16.6. The van der Waals surface area contributed by atoms with Crippen LogP contribution in [0.1, 0.15) is 22.4 Å². The van der Waals surface area contributed by atoms with Gasteiger partial charge in [0.25, 0.3) is 0 Å². The lowest BCUT2D eigenvalue weighted by Crippen LogP contribution is -2.31. The van der Waals surface area contributed by atoms with Crippen molar-refractivity contribution in [2.75, 3.05) is 6.54 Å². The van der Waals surface area contributed by atoms with E-state index >= 15 is 0 Å². The molecule has 1 aliphatic heterocycles. The highest BCUT2D eigenvalue weighted by atomic mass is 19.4. The van der Waals surface area contributed by atoms with Crippen LogP contribution < -0.4 is 0 Å². The number of halogens is 3. The predicted molar refractivity (Wildman–Crippen MR) is 112 cm³/mol. The predicted octanol–water partition coefficient (Wildman–Crippen LogP) is 5.27. The molecule has 0 saturated heterocycles. The summed E-state index contributed by atoms with van der Waals surface area (Å²) in [7, 11) is 0. The first-order chi connectivity index (χ1) is 15.0. The Balaban J connectivity index is 1.38. The normalized spacial score (nSPS) is 14.5. The minimum absolute atomic E-state index is 0.450. The van der Waals surface area contributed by atoms with Crippen LogP contribution in [0.15, 0.2) is 67.1 Å². The van der Waals surface area contributed by atoms with Crippen LogP contribution in [0.5, 0.6) is 0 Å². The molecule has 0 fully saturated rings. The molecule has 4 nitrogen and oxygen atoms in total. The van der Waals surface area contributed by atoms with Crippen molar-refractivity contribution in [1.82, 2.24) is 19.9 Å². The van der Waals surface area contributed by atoms with Gasteiger partial charge >= 0.3 is 6.18 Å². The van der Waals surface area contributed by atoms with Crippen LogP contribution in [0, 0.1) is 0 Å². The summed E-state index contributed by atoms with van der Waals surface area (Å²) in [6, 6.07) is 13.3. The third-order valence-corrected chi connectivity index (χ3v) is 5.66. The molecule has 0 radical (unpaired) electrons. The van der Waals surface area contributed by atoms with Crippen LogP contribution in [0.2, 0.25) is 0 Å². The van der Waals surface area contributed by atoms with E-state index in [0.29, 0.717) is 17.9 Å². The van der Waals surface area contributed by atoms with Crippen molar-refractivity contribution in [2.24, 2.45) is 0 Å². The van der Waals surface area contributed by atoms with Crippen molar-refractivity contribution in [3.8, 4) is 11.4 Å². The molecular formula is C24H19F3N4. The highest BCUT2D eigenvalue weighted by Crippen LogP contribution is 2.31. The van der Waals surface area contributed by atoms with Crippen LogP contribution >= 0.6 is 0 Å². The number of fused-ring (bicyclic) bond motifs is 2. The Hall–Kier alpha value is -3.32. The Bertz CT molecular complexity index is 1230. The summed E-state index contributed by atoms with van der Waals surface area (Å²) in [6.07, 6.45) is 1.97. The molecule has 0 aliphatic carbocycles. The number of nitrogens with zero attached hydrogens (tertiary/aromatic N) is 4. The van der Waals surface area contributed by atoms with Crippen molar-refractivity contribution < 1.29 is 13.2 Å². The molecule has 2 aromatic heterocycles. The van der Waals surface area contributed by atoms with Gasteiger partial charge in [-0.2, -0.15) is 13.2 Å². The first-order valence-electron chi connectivity index (χ1n) is 10.0. The zero-order chi connectivity index (χ0) is 21.4. The maximum Gasteiger partial charge on any atom is 0.416 e. The summed E-state index contributed by atoms with van der Waals surface area (Å²) in [5.74, 6) is 0.450. The second-order valence-corrected chi connectivity index (χ2v) is 7.72. The van der Waals surface area contributed by atoms with Gasteiger partial charge in [-0.05, 0) is 41.1 Å². The van der Waals surface area contributed by atoms with E-state index in [1.165, 1.54) is 23.1 Å². The van der Waals surface area contributed by atoms with E-state index in [2.05, 4.69) is 32.0 Å². The number of pyridine rings is 1. The second kappa shape index (κ2) is 7.74. The molecule has 0 amide bonds. The van der Waals surface area contributed by atoms with E-state index in [9.17, 15) is 13.2 Å². The fraction of sp³-hybridized carbons (Fsp3) is 0.208. The largest absolute Gasteiger partial charge is 0.416 e. The molecule has 0 saturated carbocycles. The van der Waals surface area contributed by atoms with Gasteiger partial charge in [-0.3, -0.25) is 9.88 Å². The number of hydrogen-bond donors (Lipinski definition) is 0.